The number of nitrogens with one attached hydrogen (secondary N) is 3. The van der Waals surface area contributed by atoms with Crippen LogP contribution in [0, 0.1) is 5.92 Å². The van der Waals surface area contributed by atoms with E-state index in [0.29, 0.717) is 13.1 Å². The van der Waals surface area contributed by atoms with Gasteiger partial charge in [-0.1, -0.05) is 42.5 Å². The Labute approximate surface area is 171 Å². The lowest BCUT2D eigenvalue weighted by atomic mass is 9.94. The lowest BCUT2D eigenvalue weighted by molar-refractivity contribution is -0.125. The molecule has 2 aliphatic rings. The average molecular weight is 393 g/mol. The number of piperidine rings is 1. The van der Waals surface area contributed by atoms with Gasteiger partial charge in [0.2, 0.25) is 5.91 Å². The van der Waals surface area contributed by atoms with E-state index in [0.717, 1.165) is 42.6 Å². The van der Waals surface area contributed by atoms with Gasteiger partial charge >= 0.3 is 0 Å². The molecule has 4 rings (SSSR count). The van der Waals surface area contributed by atoms with Crippen LogP contribution < -0.4 is 16.2 Å². The first-order valence-corrected chi connectivity index (χ1v) is 10.4. The van der Waals surface area contributed by atoms with Crippen LogP contribution >= 0.6 is 0 Å². The molecule has 6 heteroatoms. The first-order valence-electron chi connectivity index (χ1n) is 10.4. The van der Waals surface area contributed by atoms with Crippen LogP contribution in [-0.2, 0) is 11.3 Å². The summed E-state index contributed by atoms with van der Waals surface area (Å²) < 4.78 is 0. The first kappa shape index (κ1) is 19.6. The van der Waals surface area contributed by atoms with Crippen LogP contribution in [0.25, 0.3) is 0 Å². The van der Waals surface area contributed by atoms with E-state index in [2.05, 4.69) is 16.2 Å². The lowest BCUT2D eigenvalue weighted by Crippen LogP contribution is -2.35. The van der Waals surface area contributed by atoms with Crippen molar-refractivity contribution >= 4 is 11.8 Å². The molecule has 0 spiro atoms. The Morgan fingerprint density at radius 1 is 0.966 bits per heavy atom. The lowest BCUT2D eigenvalue weighted by Gasteiger charge is -2.26. The van der Waals surface area contributed by atoms with Crippen LogP contribution in [0.5, 0.6) is 0 Å². The molecule has 2 heterocycles. The molecule has 6 nitrogen and oxygen atoms in total. The SMILES string of the molecule is O=C(NCc1ccc(C(=O)N2CCCCC2)cc1)C1CNNC1c1ccccc1. The largest absolute Gasteiger partial charge is 0.352 e. The van der Waals surface area contributed by atoms with Crippen molar-refractivity contribution in [3.05, 3.63) is 71.3 Å². The van der Waals surface area contributed by atoms with E-state index >= 15 is 0 Å². The molecular weight excluding hydrogens is 364 g/mol. The van der Waals surface area contributed by atoms with Crippen molar-refractivity contribution in [1.29, 1.82) is 0 Å². The van der Waals surface area contributed by atoms with Gasteiger partial charge in [0.05, 0.1) is 12.0 Å². The second kappa shape index (κ2) is 9.20. The number of amides is 2. The minimum atomic E-state index is -0.169. The predicted molar refractivity (Wildman–Crippen MR) is 112 cm³/mol. The summed E-state index contributed by atoms with van der Waals surface area (Å²) in [5.41, 5.74) is 9.10. The molecule has 29 heavy (non-hydrogen) atoms. The molecule has 0 aliphatic carbocycles. The number of carbonyl (C=O) groups is 2. The third-order valence-electron chi connectivity index (χ3n) is 5.79. The van der Waals surface area contributed by atoms with E-state index in [-0.39, 0.29) is 23.8 Å². The molecule has 0 bridgehead atoms. The zero-order chi connectivity index (χ0) is 20.1. The Morgan fingerprint density at radius 3 is 2.41 bits per heavy atom. The van der Waals surface area contributed by atoms with Gasteiger partial charge in [-0.2, -0.15) is 0 Å². The summed E-state index contributed by atoms with van der Waals surface area (Å²) >= 11 is 0. The summed E-state index contributed by atoms with van der Waals surface area (Å²) in [6.07, 6.45) is 3.38. The molecule has 2 atom stereocenters. The third kappa shape index (κ3) is 4.66. The number of hydrogen-bond acceptors (Lipinski definition) is 4. The Kier molecular flexibility index (Phi) is 6.22. The van der Waals surface area contributed by atoms with Crippen LogP contribution in [0.4, 0.5) is 0 Å². The van der Waals surface area contributed by atoms with Gasteiger partial charge in [-0.3, -0.25) is 15.0 Å². The number of carbonyl (C=O) groups excluding carboxylic acids is 2. The van der Waals surface area contributed by atoms with Crippen LogP contribution in [0.1, 0.15) is 46.8 Å². The molecule has 0 aromatic heterocycles. The highest BCUT2D eigenvalue weighted by atomic mass is 16.2. The Bertz CT molecular complexity index is 832. The molecule has 2 unspecified atom stereocenters. The fourth-order valence-corrected chi connectivity index (χ4v) is 4.08. The summed E-state index contributed by atoms with van der Waals surface area (Å²) in [6, 6.07) is 17.5. The zero-order valence-corrected chi connectivity index (χ0v) is 16.6. The monoisotopic (exact) mass is 392 g/mol. The Hall–Kier alpha value is -2.70. The highest BCUT2D eigenvalue weighted by Crippen LogP contribution is 2.24. The number of hydrazine groups is 1. The Balaban J connectivity index is 1.33. The fourth-order valence-electron chi connectivity index (χ4n) is 4.08. The van der Waals surface area contributed by atoms with Crippen LogP contribution in [0.15, 0.2) is 54.6 Å². The molecule has 2 aliphatic heterocycles. The van der Waals surface area contributed by atoms with Crippen molar-refractivity contribution < 1.29 is 9.59 Å². The fraction of sp³-hybridized carbons (Fsp3) is 0.391. The topological polar surface area (TPSA) is 73.5 Å². The number of nitrogens with zero attached hydrogens (tertiary/aromatic N) is 1. The molecule has 2 saturated heterocycles. The number of rotatable bonds is 5. The van der Waals surface area contributed by atoms with Gasteiger partial charge in [0.15, 0.2) is 0 Å². The van der Waals surface area contributed by atoms with Crippen molar-refractivity contribution in [1.82, 2.24) is 21.1 Å². The van der Waals surface area contributed by atoms with Crippen LogP contribution in [0.2, 0.25) is 0 Å². The van der Waals surface area contributed by atoms with E-state index < -0.39 is 0 Å². The average Bonchev–Trinajstić information content (AvgIpc) is 3.29. The molecule has 3 N–H and O–H groups in total. The molecule has 2 fully saturated rings. The molecular formula is C23H28N4O2. The second-order valence-electron chi connectivity index (χ2n) is 7.79. The summed E-state index contributed by atoms with van der Waals surface area (Å²) in [5, 5.41) is 3.04. The van der Waals surface area contributed by atoms with E-state index in [1.54, 1.807) is 0 Å². The Morgan fingerprint density at radius 2 is 1.69 bits per heavy atom. The second-order valence-corrected chi connectivity index (χ2v) is 7.79. The van der Waals surface area contributed by atoms with Crippen molar-refractivity contribution in [2.75, 3.05) is 19.6 Å². The zero-order valence-electron chi connectivity index (χ0n) is 16.6. The molecule has 2 aromatic carbocycles. The van der Waals surface area contributed by atoms with Gasteiger partial charge < -0.3 is 10.2 Å². The summed E-state index contributed by atoms with van der Waals surface area (Å²) in [5.74, 6) is -0.0451. The van der Waals surface area contributed by atoms with Gasteiger partial charge in [-0.15, -0.1) is 0 Å². The minimum absolute atomic E-state index is 0.0184. The highest BCUT2D eigenvalue weighted by molar-refractivity contribution is 5.94. The number of hydrogen-bond donors (Lipinski definition) is 3. The van der Waals surface area contributed by atoms with Crippen molar-refractivity contribution in [3.63, 3.8) is 0 Å². The molecule has 0 radical (unpaired) electrons. The van der Waals surface area contributed by atoms with E-state index in [4.69, 9.17) is 0 Å². The van der Waals surface area contributed by atoms with E-state index in [9.17, 15) is 9.59 Å². The van der Waals surface area contributed by atoms with E-state index in [1.807, 2.05) is 59.5 Å². The highest BCUT2D eigenvalue weighted by Gasteiger charge is 2.33. The maximum absolute atomic E-state index is 12.7. The van der Waals surface area contributed by atoms with Crippen LogP contribution in [-0.4, -0.2) is 36.3 Å². The predicted octanol–water partition coefficient (Wildman–Crippen LogP) is 2.39. The van der Waals surface area contributed by atoms with Gasteiger partial charge in [-0.25, -0.2) is 5.43 Å². The quantitative estimate of drug-likeness (QED) is 0.731. The van der Waals surface area contributed by atoms with Gasteiger partial charge in [0, 0.05) is 31.7 Å². The standard InChI is InChI=1S/C23H28N4O2/c28-22(20-16-25-26-21(20)18-7-3-1-4-8-18)24-15-17-9-11-19(12-10-17)23(29)27-13-5-2-6-14-27/h1,3-4,7-12,20-21,25-26H,2,5-6,13-16H2,(H,24,28). The number of benzene rings is 2. The molecule has 152 valence electrons. The maximum Gasteiger partial charge on any atom is 0.253 e. The van der Waals surface area contributed by atoms with Crippen molar-refractivity contribution in [2.45, 2.75) is 31.8 Å². The number of likely N-dealkylation sites (tertiary alicyclic amines) is 1. The summed E-state index contributed by atoms with van der Waals surface area (Å²) in [4.78, 5) is 27.2. The summed E-state index contributed by atoms with van der Waals surface area (Å²) in [6.45, 7) is 2.75. The normalized spacial score (nSPS) is 21.7. The van der Waals surface area contributed by atoms with E-state index in [1.165, 1.54) is 6.42 Å². The van der Waals surface area contributed by atoms with Gasteiger partial charge in [0.1, 0.15) is 0 Å². The smallest absolute Gasteiger partial charge is 0.253 e. The first-order chi connectivity index (χ1) is 14.2. The van der Waals surface area contributed by atoms with Gasteiger partial charge in [0.25, 0.3) is 5.91 Å². The van der Waals surface area contributed by atoms with Crippen molar-refractivity contribution in [2.24, 2.45) is 5.92 Å². The van der Waals surface area contributed by atoms with Crippen LogP contribution in [0.3, 0.4) is 0 Å². The maximum atomic E-state index is 12.7. The summed E-state index contributed by atoms with van der Waals surface area (Å²) in [7, 11) is 0. The third-order valence-corrected chi connectivity index (χ3v) is 5.79. The van der Waals surface area contributed by atoms with Crippen molar-refractivity contribution in [3.8, 4) is 0 Å². The minimum Gasteiger partial charge on any atom is -0.352 e. The molecule has 2 aromatic rings. The molecule has 0 saturated carbocycles. The van der Waals surface area contributed by atoms with Gasteiger partial charge in [-0.05, 0) is 42.5 Å². The molecule has 2 amide bonds.